The number of aliphatic hydroxyl groups excluding tert-OH is 1. The van der Waals surface area contributed by atoms with Crippen LogP contribution in [0, 0.1) is 23.6 Å². The Kier molecular flexibility index (Phi) is 2.58. The molecular formula is C14H17FO2. The summed E-state index contributed by atoms with van der Waals surface area (Å²) in [4.78, 5) is 0. The summed E-state index contributed by atoms with van der Waals surface area (Å²) in [7, 11) is 1.51. The highest BCUT2D eigenvalue weighted by Gasteiger charge is 2.56. The Morgan fingerprint density at radius 2 is 2.06 bits per heavy atom. The van der Waals surface area contributed by atoms with E-state index < -0.39 is 6.10 Å². The first-order chi connectivity index (χ1) is 8.22. The zero-order chi connectivity index (χ0) is 12.0. The maximum Gasteiger partial charge on any atom is 0.132 e. The van der Waals surface area contributed by atoms with Crippen LogP contribution in [0.15, 0.2) is 18.2 Å². The molecule has 0 radical (unpaired) electrons. The predicted molar refractivity (Wildman–Crippen MR) is 62.2 cm³/mol. The van der Waals surface area contributed by atoms with Gasteiger partial charge in [-0.2, -0.15) is 0 Å². The largest absolute Gasteiger partial charge is 0.497 e. The second kappa shape index (κ2) is 3.98. The van der Waals surface area contributed by atoms with Gasteiger partial charge in [0.25, 0.3) is 0 Å². The van der Waals surface area contributed by atoms with Crippen LogP contribution in [-0.4, -0.2) is 12.2 Å². The molecule has 3 heteroatoms. The molecule has 2 nitrogen and oxygen atoms in total. The van der Waals surface area contributed by atoms with Gasteiger partial charge in [-0.05, 0) is 42.7 Å². The third-order valence-electron chi connectivity index (χ3n) is 4.36. The van der Waals surface area contributed by atoms with Gasteiger partial charge in [-0.15, -0.1) is 0 Å². The highest BCUT2D eigenvalue weighted by atomic mass is 19.1. The number of halogens is 1. The van der Waals surface area contributed by atoms with Crippen molar-refractivity contribution in [3.05, 3.63) is 29.6 Å². The van der Waals surface area contributed by atoms with Crippen molar-refractivity contribution in [3.8, 4) is 5.75 Å². The Bertz CT molecular complexity index is 422. The highest BCUT2D eigenvalue weighted by molar-refractivity contribution is 5.31. The lowest BCUT2D eigenvalue weighted by Gasteiger charge is -2.14. The predicted octanol–water partition coefficient (Wildman–Crippen LogP) is 2.91. The van der Waals surface area contributed by atoms with Gasteiger partial charge in [0.15, 0.2) is 0 Å². The van der Waals surface area contributed by atoms with E-state index in [2.05, 4.69) is 0 Å². The highest BCUT2D eigenvalue weighted by Crippen LogP contribution is 2.62. The van der Waals surface area contributed by atoms with E-state index in [0.29, 0.717) is 23.1 Å². The molecular weight excluding hydrogens is 219 g/mol. The molecule has 17 heavy (non-hydrogen) atoms. The minimum absolute atomic E-state index is 0.284. The maximum atomic E-state index is 13.8. The van der Waals surface area contributed by atoms with Crippen LogP contribution in [-0.2, 0) is 0 Å². The molecule has 2 aliphatic carbocycles. The molecule has 0 bridgehead atoms. The number of aliphatic hydroxyl groups is 1. The Labute approximate surface area is 100 Å². The van der Waals surface area contributed by atoms with E-state index >= 15 is 0 Å². The van der Waals surface area contributed by atoms with E-state index in [1.165, 1.54) is 32.4 Å². The van der Waals surface area contributed by atoms with Crippen molar-refractivity contribution in [2.45, 2.75) is 25.4 Å². The van der Waals surface area contributed by atoms with Crippen LogP contribution in [0.25, 0.3) is 0 Å². The molecule has 1 aromatic carbocycles. The van der Waals surface area contributed by atoms with E-state index in [-0.39, 0.29) is 11.7 Å². The summed E-state index contributed by atoms with van der Waals surface area (Å²) in [6, 6.07) is 4.70. The molecule has 3 unspecified atom stereocenters. The van der Waals surface area contributed by atoms with E-state index in [0.717, 1.165) is 0 Å². The van der Waals surface area contributed by atoms with Crippen molar-refractivity contribution in [2.24, 2.45) is 17.8 Å². The number of rotatable bonds is 3. The minimum Gasteiger partial charge on any atom is -0.497 e. The van der Waals surface area contributed by atoms with Gasteiger partial charge in [0.2, 0.25) is 0 Å². The van der Waals surface area contributed by atoms with E-state index in [1.54, 1.807) is 12.1 Å². The summed E-state index contributed by atoms with van der Waals surface area (Å²) in [5, 5.41) is 10.2. The van der Waals surface area contributed by atoms with Crippen LogP contribution in [0.2, 0.25) is 0 Å². The molecule has 0 heterocycles. The van der Waals surface area contributed by atoms with Gasteiger partial charge < -0.3 is 9.84 Å². The van der Waals surface area contributed by atoms with Gasteiger partial charge in [0.05, 0.1) is 13.2 Å². The number of fused-ring (bicyclic) bond motifs is 1. The Morgan fingerprint density at radius 3 is 2.65 bits per heavy atom. The number of hydrogen-bond acceptors (Lipinski definition) is 2. The first kappa shape index (κ1) is 11.0. The molecule has 0 aromatic heterocycles. The zero-order valence-electron chi connectivity index (χ0n) is 9.90. The first-order valence-corrected chi connectivity index (χ1v) is 6.24. The van der Waals surface area contributed by atoms with Gasteiger partial charge >= 0.3 is 0 Å². The topological polar surface area (TPSA) is 29.5 Å². The average Bonchev–Trinajstić information content (AvgIpc) is 2.81. The second-order valence-corrected chi connectivity index (χ2v) is 5.17. The van der Waals surface area contributed by atoms with Gasteiger partial charge in [-0.3, -0.25) is 0 Å². The lowest BCUT2D eigenvalue weighted by molar-refractivity contribution is 0.133. The molecule has 3 atom stereocenters. The normalized spacial score (nSPS) is 32.1. The summed E-state index contributed by atoms with van der Waals surface area (Å²) >= 11 is 0. The lowest BCUT2D eigenvalue weighted by atomic mass is 9.99. The number of benzene rings is 1. The molecule has 2 saturated carbocycles. The van der Waals surface area contributed by atoms with Crippen molar-refractivity contribution in [1.82, 2.24) is 0 Å². The quantitative estimate of drug-likeness (QED) is 0.874. The second-order valence-electron chi connectivity index (χ2n) is 5.17. The van der Waals surface area contributed by atoms with Gasteiger partial charge in [-0.1, -0.05) is 6.42 Å². The lowest BCUT2D eigenvalue weighted by Crippen LogP contribution is -2.06. The van der Waals surface area contributed by atoms with Crippen LogP contribution in [0.5, 0.6) is 5.75 Å². The van der Waals surface area contributed by atoms with Crippen LogP contribution in [0.3, 0.4) is 0 Å². The molecule has 0 saturated heterocycles. The molecule has 2 aliphatic rings. The monoisotopic (exact) mass is 236 g/mol. The van der Waals surface area contributed by atoms with Crippen molar-refractivity contribution < 1.29 is 14.2 Å². The maximum absolute atomic E-state index is 13.8. The van der Waals surface area contributed by atoms with Crippen molar-refractivity contribution in [1.29, 1.82) is 0 Å². The smallest absolute Gasteiger partial charge is 0.132 e. The molecule has 0 spiro atoms. The Balaban J connectivity index is 1.80. The molecule has 2 fully saturated rings. The van der Waals surface area contributed by atoms with E-state index in [4.69, 9.17) is 4.74 Å². The fourth-order valence-electron chi connectivity index (χ4n) is 3.43. The van der Waals surface area contributed by atoms with E-state index in [9.17, 15) is 9.50 Å². The van der Waals surface area contributed by atoms with Crippen molar-refractivity contribution in [2.75, 3.05) is 7.11 Å². The Morgan fingerprint density at radius 1 is 1.35 bits per heavy atom. The SMILES string of the molecule is COc1ccc(C(O)C2C3CCCC32)c(F)c1. The van der Waals surface area contributed by atoms with E-state index in [1.807, 2.05) is 0 Å². The standard InChI is InChI=1S/C14H17FO2/c1-17-8-5-6-11(12(15)7-8)14(16)13-9-3-2-4-10(9)13/h5-7,9-10,13-14,16H,2-4H2,1H3. The molecule has 0 aliphatic heterocycles. The third kappa shape index (κ3) is 1.73. The fraction of sp³-hybridized carbons (Fsp3) is 0.571. The average molecular weight is 236 g/mol. The minimum atomic E-state index is -0.642. The van der Waals surface area contributed by atoms with Gasteiger partial charge in [-0.25, -0.2) is 4.39 Å². The molecule has 3 rings (SSSR count). The van der Waals surface area contributed by atoms with Crippen LogP contribution in [0.1, 0.15) is 30.9 Å². The van der Waals surface area contributed by atoms with Crippen LogP contribution < -0.4 is 4.74 Å². The van der Waals surface area contributed by atoms with Crippen LogP contribution >= 0.6 is 0 Å². The number of hydrogen-bond donors (Lipinski definition) is 1. The summed E-state index contributed by atoms with van der Waals surface area (Å²) in [5.41, 5.74) is 0.421. The fourth-order valence-corrected chi connectivity index (χ4v) is 3.43. The van der Waals surface area contributed by atoms with Gasteiger partial charge in [0, 0.05) is 11.6 Å². The molecule has 1 aromatic rings. The summed E-state index contributed by atoms with van der Waals surface area (Å²) in [6.07, 6.45) is 3.02. The molecule has 1 N–H and O–H groups in total. The Hall–Kier alpha value is -1.09. The molecule has 0 amide bonds. The van der Waals surface area contributed by atoms with Crippen LogP contribution in [0.4, 0.5) is 4.39 Å². The number of ether oxygens (including phenoxy) is 1. The number of methoxy groups -OCH3 is 1. The first-order valence-electron chi connectivity index (χ1n) is 6.24. The van der Waals surface area contributed by atoms with Gasteiger partial charge in [0.1, 0.15) is 11.6 Å². The summed E-state index contributed by atoms with van der Waals surface area (Å²) in [5.74, 6) is 1.68. The summed E-state index contributed by atoms with van der Waals surface area (Å²) < 4.78 is 18.8. The summed E-state index contributed by atoms with van der Waals surface area (Å²) in [6.45, 7) is 0. The zero-order valence-corrected chi connectivity index (χ0v) is 9.90. The van der Waals surface area contributed by atoms with Crippen molar-refractivity contribution in [3.63, 3.8) is 0 Å². The molecule has 92 valence electrons. The third-order valence-corrected chi connectivity index (χ3v) is 4.36. The van der Waals surface area contributed by atoms with Crippen molar-refractivity contribution >= 4 is 0 Å².